The van der Waals surface area contributed by atoms with Crippen LogP contribution in [-0.4, -0.2) is 8.07 Å². The molecule has 0 bridgehead atoms. The van der Waals surface area contributed by atoms with Crippen molar-refractivity contribution in [3.63, 3.8) is 0 Å². The summed E-state index contributed by atoms with van der Waals surface area (Å²) in [5.41, 5.74) is 13.0. The Balaban J connectivity index is 0.000000201. The summed E-state index contributed by atoms with van der Waals surface area (Å²) in [4.78, 5) is 0. The van der Waals surface area contributed by atoms with Crippen LogP contribution in [0.15, 0.2) is 126 Å². The summed E-state index contributed by atoms with van der Waals surface area (Å²) in [5, 5.41) is 15.8. The zero-order valence-corrected chi connectivity index (χ0v) is 42.9. The fourth-order valence-electron chi connectivity index (χ4n) is 10.1. The van der Waals surface area contributed by atoms with Gasteiger partial charge in [-0.05, 0) is 52.1 Å². The molecular weight excluding hydrogens is 987 g/mol. The number of pyridine rings is 2. The van der Waals surface area contributed by atoms with Gasteiger partial charge >= 0.3 is 0 Å². The van der Waals surface area contributed by atoms with Crippen molar-refractivity contribution in [3.8, 4) is 39.7 Å². The number of nitriles is 1. The maximum atomic E-state index is 10.1. The van der Waals surface area contributed by atoms with Crippen molar-refractivity contribution in [1.82, 2.24) is 0 Å². The van der Waals surface area contributed by atoms with Gasteiger partial charge in [0.25, 0.3) is 0 Å². The number of para-hydroxylation sites is 1. The average Bonchev–Trinajstić information content (AvgIpc) is 3.97. The van der Waals surface area contributed by atoms with Crippen molar-refractivity contribution >= 4 is 46.0 Å². The Labute approximate surface area is 402 Å². The molecule has 1 saturated carbocycles. The number of hydrogen-bond acceptors (Lipinski definition) is 2. The van der Waals surface area contributed by atoms with Crippen LogP contribution in [0.5, 0.6) is 0 Å². The summed E-state index contributed by atoms with van der Waals surface area (Å²) in [7, 11) is 7.20. The maximum absolute atomic E-state index is 10.1. The second kappa shape index (κ2) is 18.7. The largest absolute Gasteiger partial charge is 0.469 e. The minimum absolute atomic E-state index is 0. The van der Waals surface area contributed by atoms with Gasteiger partial charge in [-0.2, -0.15) is 36.3 Å². The van der Waals surface area contributed by atoms with Crippen molar-refractivity contribution in [2.24, 2.45) is 11.8 Å². The quantitative estimate of drug-likeness (QED) is 0.0865. The van der Waals surface area contributed by atoms with Gasteiger partial charge in [0, 0.05) is 56.1 Å². The van der Waals surface area contributed by atoms with Crippen LogP contribution >= 0.6 is 0 Å². The Kier molecular flexibility index (Phi) is 13.6. The van der Waals surface area contributed by atoms with E-state index in [0.29, 0.717) is 28.9 Å². The predicted molar refractivity (Wildman–Crippen MR) is 271 cm³/mol. The Morgan fingerprint density at radius 1 is 0.738 bits per heavy atom. The molecule has 0 spiro atoms. The molecule has 1 fully saturated rings. The van der Waals surface area contributed by atoms with E-state index in [1.807, 2.05) is 47.2 Å². The molecule has 335 valence electrons. The molecule has 6 heteroatoms. The number of aromatic nitrogens is 2. The molecule has 3 aromatic heterocycles. The van der Waals surface area contributed by atoms with Crippen LogP contribution in [0.25, 0.3) is 66.4 Å². The third-order valence-corrected chi connectivity index (χ3v) is 16.3. The monoisotopic (exact) mass is 1050 g/mol. The van der Waals surface area contributed by atoms with Gasteiger partial charge in [-0.3, -0.25) is 0 Å². The van der Waals surface area contributed by atoms with Crippen molar-refractivity contribution in [2.75, 3.05) is 0 Å². The smallest absolute Gasteiger partial charge is 0.141 e. The van der Waals surface area contributed by atoms with Crippen molar-refractivity contribution < 1.29 is 33.7 Å². The Morgan fingerprint density at radius 2 is 1.40 bits per heavy atom. The first-order valence-corrected chi connectivity index (χ1v) is 26.4. The Hall–Kier alpha value is -5.70. The average molecular weight is 1050 g/mol. The van der Waals surface area contributed by atoms with Crippen LogP contribution in [0.1, 0.15) is 94.0 Å². The molecule has 65 heavy (non-hydrogen) atoms. The van der Waals surface area contributed by atoms with E-state index in [1.54, 1.807) is 0 Å². The Morgan fingerprint density at radius 3 is 2.08 bits per heavy atom. The maximum Gasteiger partial charge on any atom is 0.141 e. The summed E-state index contributed by atoms with van der Waals surface area (Å²) < 4.78 is 10.7. The molecule has 1 aliphatic carbocycles. The minimum atomic E-state index is -1.49. The van der Waals surface area contributed by atoms with Gasteiger partial charge in [0.1, 0.15) is 5.58 Å². The summed E-state index contributed by atoms with van der Waals surface area (Å²) >= 11 is 0. The first-order valence-electron chi connectivity index (χ1n) is 22.9. The Bertz CT molecular complexity index is 3070. The van der Waals surface area contributed by atoms with Crippen LogP contribution in [0.3, 0.4) is 0 Å². The number of furan rings is 1. The number of benzene rings is 5. The molecule has 0 aliphatic heterocycles. The molecule has 0 amide bonds. The third kappa shape index (κ3) is 8.87. The molecule has 3 heterocycles. The molecule has 5 aromatic carbocycles. The van der Waals surface area contributed by atoms with Crippen LogP contribution in [0.4, 0.5) is 0 Å². The van der Waals surface area contributed by atoms with Crippen molar-refractivity contribution in [2.45, 2.75) is 91.3 Å². The number of nitrogens with zero attached hydrogens (tertiary/aromatic N) is 3. The second-order valence-corrected chi connectivity index (χ2v) is 25.0. The number of rotatable bonds is 8. The van der Waals surface area contributed by atoms with Crippen molar-refractivity contribution in [1.29, 1.82) is 5.26 Å². The zero-order chi connectivity index (χ0) is 45.7. The van der Waals surface area contributed by atoms with Gasteiger partial charge in [0.2, 0.25) is 0 Å². The summed E-state index contributed by atoms with van der Waals surface area (Å²) in [6.07, 6.45) is 9.50. The van der Waals surface area contributed by atoms with Gasteiger partial charge in [-0.15, -0.1) is 17.7 Å². The normalized spacial score (nSPS) is 13.7. The number of hydrogen-bond donors (Lipinski definition) is 0. The van der Waals surface area contributed by atoms with Gasteiger partial charge in [-0.25, -0.2) is 0 Å². The summed E-state index contributed by atoms with van der Waals surface area (Å²) in [6.45, 7) is 27.7. The van der Waals surface area contributed by atoms with E-state index >= 15 is 0 Å². The fourth-order valence-corrected chi connectivity index (χ4v) is 11.8. The van der Waals surface area contributed by atoms with Gasteiger partial charge in [-0.1, -0.05) is 180 Å². The SMILES string of the molecule is [CH2-]c1cc(C#N)c2c(oc3c(-c4ccccc4)cccc32)c1-c1cc(C(C)(C)C2CCCC2)cc[n+]1[CH2-].[CH2-]c1ccc2ccccc2c1-c1cc(C(C)C(C)C)c([Si](C)(C)C)c[n+]1[CH2-].[Ir]. The molecule has 1 aliphatic rings. The van der Waals surface area contributed by atoms with Crippen molar-refractivity contribution in [3.05, 3.63) is 177 Å². The fraction of sp³-hybridized carbons (Fsp3) is 0.271. The van der Waals surface area contributed by atoms with E-state index in [4.69, 9.17) is 4.42 Å². The summed E-state index contributed by atoms with van der Waals surface area (Å²) in [6, 6.07) is 40.3. The van der Waals surface area contributed by atoms with Crippen LogP contribution in [-0.2, 0) is 25.5 Å². The molecule has 1 radical (unpaired) electrons. The van der Waals surface area contributed by atoms with E-state index in [0.717, 1.165) is 55.6 Å². The predicted octanol–water partition coefficient (Wildman–Crippen LogP) is 14.3. The second-order valence-electron chi connectivity index (χ2n) is 20.0. The minimum Gasteiger partial charge on any atom is -0.469 e. The molecule has 1 unspecified atom stereocenters. The van der Waals surface area contributed by atoms with Gasteiger partial charge < -0.3 is 13.6 Å². The molecule has 0 saturated heterocycles. The van der Waals surface area contributed by atoms with Crippen LogP contribution < -0.4 is 14.3 Å². The molecule has 1 atom stereocenters. The third-order valence-electron chi connectivity index (χ3n) is 14.2. The van der Waals surface area contributed by atoms with Crippen LogP contribution in [0.2, 0.25) is 19.6 Å². The molecular formula is C59H63IrN3OSi-2. The molecule has 9 rings (SSSR count). The summed E-state index contributed by atoms with van der Waals surface area (Å²) in [5.74, 6) is 1.77. The first-order chi connectivity index (χ1) is 30.5. The van der Waals surface area contributed by atoms with E-state index in [1.165, 1.54) is 58.3 Å². The first kappa shape index (κ1) is 47.3. The standard InChI is InChI=1S/C34H31N2O.C25H32NSi.Ir/c1-22-19-24(21-35)31-28-16-10-15-27(23-11-6-5-7-12-23)32(28)37-33(31)30(22)29-20-26(17-18-36(29)4)34(2,3)25-13-8-9-14-25;1-17(2)19(4)22-15-23(26(5)16-24(22)27(6,7)8)25-18(3)13-14-20-11-9-10-12-21(20)25;/h5-7,10-12,15-20,25H,1,4,8-9,13-14H2,2-3H3;9-17,19H,3,5H2,1-2,4,6-8H3;/q2*-1;. The molecule has 8 aromatic rings. The van der Waals surface area contributed by atoms with E-state index < -0.39 is 8.07 Å². The molecule has 4 nitrogen and oxygen atoms in total. The zero-order valence-electron chi connectivity index (χ0n) is 39.5. The topological polar surface area (TPSA) is 44.7 Å². The van der Waals surface area contributed by atoms with E-state index in [9.17, 15) is 5.26 Å². The van der Waals surface area contributed by atoms with Gasteiger partial charge in [0.05, 0.1) is 43.5 Å². The number of fused-ring (bicyclic) bond motifs is 4. The van der Waals surface area contributed by atoms with E-state index in [-0.39, 0.29) is 25.5 Å². The van der Waals surface area contributed by atoms with Crippen LogP contribution in [0, 0.1) is 51.1 Å². The van der Waals surface area contributed by atoms with Gasteiger partial charge in [0.15, 0.2) is 0 Å². The molecule has 0 N–H and O–H groups in total. The van der Waals surface area contributed by atoms with E-state index in [2.05, 4.69) is 172 Å².